The number of benzene rings is 1. The molecule has 0 bridgehead atoms. The third kappa shape index (κ3) is 2.68. The van der Waals surface area contributed by atoms with Crippen LogP contribution in [-0.2, 0) is 0 Å². The molecule has 6 heteroatoms. The lowest BCUT2D eigenvalue weighted by atomic mass is 10.1. The number of ether oxygens (including phenoxy) is 1. The van der Waals surface area contributed by atoms with Crippen LogP contribution in [0.1, 0.15) is 30.9 Å². The zero-order valence-corrected chi connectivity index (χ0v) is 11.3. The number of nitrogens with two attached hydrogens (primary N) is 1. The highest BCUT2D eigenvalue weighted by molar-refractivity contribution is 5.52. The smallest absolute Gasteiger partial charge is 0.228 e. The number of anilines is 1. The number of nitriles is 1. The first-order valence-corrected chi connectivity index (χ1v) is 6.15. The number of aromatic nitrogens is 2. The maximum atomic E-state index is 9.08. The van der Waals surface area contributed by atoms with Gasteiger partial charge in [-0.1, -0.05) is 26.0 Å². The fourth-order valence-electron chi connectivity index (χ4n) is 1.85. The Labute approximate surface area is 117 Å². The Morgan fingerprint density at radius 2 is 2.05 bits per heavy atom. The van der Waals surface area contributed by atoms with Gasteiger partial charge in [-0.05, 0) is 18.1 Å². The molecule has 0 saturated carbocycles. The minimum atomic E-state index is 0.117. The second kappa shape index (κ2) is 5.99. The van der Waals surface area contributed by atoms with E-state index >= 15 is 0 Å². The lowest BCUT2D eigenvalue weighted by Gasteiger charge is -2.15. The summed E-state index contributed by atoms with van der Waals surface area (Å²) in [7, 11) is 0. The van der Waals surface area contributed by atoms with E-state index in [2.05, 4.69) is 21.5 Å². The van der Waals surface area contributed by atoms with Crippen molar-refractivity contribution in [2.24, 2.45) is 5.84 Å². The van der Waals surface area contributed by atoms with Crippen LogP contribution in [0.15, 0.2) is 30.6 Å². The van der Waals surface area contributed by atoms with Crippen molar-refractivity contribution < 1.29 is 4.74 Å². The highest BCUT2D eigenvalue weighted by Crippen LogP contribution is 2.33. The Bertz CT molecular complexity index is 648. The Morgan fingerprint density at radius 1 is 1.30 bits per heavy atom. The van der Waals surface area contributed by atoms with Crippen molar-refractivity contribution in [1.29, 1.82) is 5.26 Å². The van der Waals surface area contributed by atoms with Crippen LogP contribution in [-0.4, -0.2) is 9.97 Å². The number of hydrogen-bond acceptors (Lipinski definition) is 6. The molecular formula is C14H15N5O. The highest BCUT2D eigenvalue weighted by atomic mass is 16.5. The van der Waals surface area contributed by atoms with Gasteiger partial charge in [-0.25, -0.2) is 15.8 Å². The number of nitrogen functional groups attached to an aromatic ring is 1. The second-order valence-electron chi connectivity index (χ2n) is 4.45. The average Bonchev–Trinajstić information content (AvgIpc) is 2.47. The number of rotatable bonds is 4. The quantitative estimate of drug-likeness (QED) is 0.654. The highest BCUT2D eigenvalue weighted by Gasteiger charge is 2.17. The molecule has 20 heavy (non-hydrogen) atoms. The first kappa shape index (κ1) is 13.8. The molecule has 0 radical (unpaired) electrons. The van der Waals surface area contributed by atoms with Gasteiger partial charge in [0.05, 0.1) is 11.1 Å². The zero-order valence-electron chi connectivity index (χ0n) is 11.3. The summed E-state index contributed by atoms with van der Waals surface area (Å²) in [6, 6.07) is 9.07. The summed E-state index contributed by atoms with van der Waals surface area (Å²) in [5.74, 6) is 6.94. The van der Waals surface area contributed by atoms with Crippen LogP contribution in [0.5, 0.6) is 11.6 Å². The first-order chi connectivity index (χ1) is 9.67. The molecule has 0 unspecified atom stereocenters. The summed E-state index contributed by atoms with van der Waals surface area (Å²) >= 11 is 0. The normalized spacial score (nSPS) is 10.2. The fraction of sp³-hybridized carbons (Fsp3) is 0.214. The monoisotopic (exact) mass is 269 g/mol. The molecule has 0 spiro atoms. The molecular weight excluding hydrogens is 254 g/mol. The van der Waals surface area contributed by atoms with Gasteiger partial charge in [0.25, 0.3) is 0 Å². The molecule has 0 aliphatic heterocycles. The van der Waals surface area contributed by atoms with E-state index in [1.54, 1.807) is 24.3 Å². The van der Waals surface area contributed by atoms with Crippen LogP contribution in [0.4, 0.5) is 5.82 Å². The molecule has 102 valence electrons. The molecule has 6 nitrogen and oxygen atoms in total. The zero-order chi connectivity index (χ0) is 14.5. The van der Waals surface area contributed by atoms with Crippen molar-refractivity contribution in [3.63, 3.8) is 0 Å². The van der Waals surface area contributed by atoms with E-state index < -0.39 is 0 Å². The Balaban J connectivity index is 2.46. The van der Waals surface area contributed by atoms with Gasteiger partial charge in [0.1, 0.15) is 18.1 Å². The van der Waals surface area contributed by atoms with Crippen LogP contribution < -0.4 is 16.0 Å². The molecule has 3 N–H and O–H groups in total. The molecule has 0 aliphatic carbocycles. The maximum Gasteiger partial charge on any atom is 0.228 e. The van der Waals surface area contributed by atoms with Crippen LogP contribution in [0, 0.1) is 11.3 Å². The lowest BCUT2D eigenvalue weighted by molar-refractivity contribution is 0.450. The van der Waals surface area contributed by atoms with Crippen molar-refractivity contribution in [3.8, 4) is 17.7 Å². The molecule has 0 aliphatic rings. The number of nitrogens with one attached hydrogen (secondary N) is 1. The fourth-order valence-corrected chi connectivity index (χ4v) is 1.85. The van der Waals surface area contributed by atoms with Crippen molar-refractivity contribution in [3.05, 3.63) is 41.7 Å². The van der Waals surface area contributed by atoms with Gasteiger partial charge in [-0.3, -0.25) is 0 Å². The van der Waals surface area contributed by atoms with Crippen LogP contribution in [0.2, 0.25) is 0 Å². The van der Waals surface area contributed by atoms with Crippen molar-refractivity contribution in [2.45, 2.75) is 19.8 Å². The van der Waals surface area contributed by atoms with Gasteiger partial charge >= 0.3 is 0 Å². The Kier molecular flexibility index (Phi) is 4.13. The van der Waals surface area contributed by atoms with Crippen molar-refractivity contribution >= 4 is 5.82 Å². The second-order valence-corrected chi connectivity index (χ2v) is 4.45. The standard InChI is InChI=1S/C14H15N5O/c1-9(2)12-13(19-16)17-8-18-14(12)20-11-6-4-3-5-10(11)7-15/h3-6,8-9H,16H2,1-2H3,(H,17,18,19). The topological polar surface area (TPSA) is 96.8 Å². The maximum absolute atomic E-state index is 9.08. The molecule has 0 fully saturated rings. The lowest BCUT2D eigenvalue weighted by Crippen LogP contribution is -2.13. The summed E-state index contributed by atoms with van der Waals surface area (Å²) in [6.07, 6.45) is 1.37. The van der Waals surface area contributed by atoms with E-state index in [1.165, 1.54) is 6.33 Å². The minimum absolute atomic E-state index is 0.117. The van der Waals surface area contributed by atoms with Crippen molar-refractivity contribution in [1.82, 2.24) is 9.97 Å². The third-order valence-electron chi connectivity index (χ3n) is 2.78. The molecule has 0 atom stereocenters. The largest absolute Gasteiger partial charge is 0.437 e. The number of hydrogen-bond donors (Lipinski definition) is 2. The van der Waals surface area contributed by atoms with E-state index in [9.17, 15) is 0 Å². The van der Waals surface area contributed by atoms with Gasteiger partial charge in [-0.15, -0.1) is 0 Å². The molecule has 1 aromatic carbocycles. The summed E-state index contributed by atoms with van der Waals surface area (Å²) < 4.78 is 5.77. The van der Waals surface area contributed by atoms with Gasteiger partial charge in [0.2, 0.25) is 5.88 Å². The number of nitrogens with zero attached hydrogens (tertiary/aromatic N) is 3. The molecule has 2 aromatic rings. The van der Waals surface area contributed by atoms with E-state index in [1.807, 2.05) is 13.8 Å². The average molecular weight is 269 g/mol. The van der Waals surface area contributed by atoms with Gasteiger partial charge in [-0.2, -0.15) is 5.26 Å². The van der Waals surface area contributed by atoms with Gasteiger partial charge in [0.15, 0.2) is 5.82 Å². The summed E-state index contributed by atoms with van der Waals surface area (Å²) in [6.45, 7) is 3.98. The van der Waals surface area contributed by atoms with E-state index in [0.717, 1.165) is 5.56 Å². The number of hydrazine groups is 1. The van der Waals surface area contributed by atoms with E-state index in [0.29, 0.717) is 23.0 Å². The van der Waals surface area contributed by atoms with Crippen LogP contribution in [0.3, 0.4) is 0 Å². The SMILES string of the molecule is CC(C)c1c(NN)ncnc1Oc1ccccc1C#N. The van der Waals surface area contributed by atoms with Crippen LogP contribution in [0.25, 0.3) is 0 Å². The molecule has 0 saturated heterocycles. The van der Waals surface area contributed by atoms with Crippen molar-refractivity contribution in [2.75, 3.05) is 5.43 Å². The number of para-hydroxylation sites is 1. The predicted octanol–water partition coefficient (Wildman–Crippen LogP) is 2.55. The predicted molar refractivity (Wildman–Crippen MR) is 75.2 cm³/mol. The Morgan fingerprint density at radius 3 is 2.70 bits per heavy atom. The van der Waals surface area contributed by atoms with Gasteiger partial charge in [0, 0.05) is 0 Å². The first-order valence-electron chi connectivity index (χ1n) is 6.15. The van der Waals surface area contributed by atoms with E-state index in [-0.39, 0.29) is 5.92 Å². The molecule has 1 aromatic heterocycles. The van der Waals surface area contributed by atoms with E-state index in [4.69, 9.17) is 15.8 Å². The molecule has 0 amide bonds. The third-order valence-corrected chi connectivity index (χ3v) is 2.78. The van der Waals surface area contributed by atoms with Gasteiger partial charge < -0.3 is 10.2 Å². The Hall–Kier alpha value is -2.65. The summed E-state index contributed by atoms with van der Waals surface area (Å²) in [5, 5.41) is 9.08. The minimum Gasteiger partial charge on any atom is -0.437 e. The molecule has 1 heterocycles. The molecule has 2 rings (SSSR count). The summed E-state index contributed by atoms with van der Waals surface area (Å²) in [4.78, 5) is 8.21. The summed E-state index contributed by atoms with van der Waals surface area (Å²) in [5.41, 5.74) is 3.75. The van der Waals surface area contributed by atoms with Crippen LogP contribution >= 0.6 is 0 Å².